The highest BCUT2D eigenvalue weighted by atomic mass is 16.5. The van der Waals surface area contributed by atoms with Crippen molar-refractivity contribution in [1.82, 2.24) is 9.80 Å². The lowest BCUT2D eigenvalue weighted by molar-refractivity contribution is 0.0597. The summed E-state index contributed by atoms with van der Waals surface area (Å²) in [5, 5.41) is 0. The molecule has 0 atom stereocenters. The molecule has 128 valence electrons. The Morgan fingerprint density at radius 2 is 1.35 bits per heavy atom. The van der Waals surface area contributed by atoms with Gasteiger partial charge in [0, 0.05) is 39.3 Å². The molecular weight excluding hydrogens is 292 g/mol. The van der Waals surface area contributed by atoms with E-state index in [0.29, 0.717) is 24.3 Å². The Bertz CT molecular complexity index is 534. The number of nitrogens with zero attached hydrogens (tertiary/aromatic N) is 2. The highest BCUT2D eigenvalue weighted by molar-refractivity contribution is 5.99. The van der Waals surface area contributed by atoms with E-state index in [2.05, 4.69) is 20.8 Å². The van der Waals surface area contributed by atoms with Crippen LogP contribution in [0.3, 0.4) is 0 Å². The predicted octanol–water partition coefficient (Wildman–Crippen LogP) is 2.65. The van der Waals surface area contributed by atoms with Gasteiger partial charge in [-0.1, -0.05) is 20.8 Å². The van der Waals surface area contributed by atoms with E-state index in [1.165, 1.54) is 9.80 Å². The second-order valence-corrected chi connectivity index (χ2v) is 7.37. The number of ether oxygens (including phenoxy) is 1. The number of rotatable bonds is 5. The maximum absolute atomic E-state index is 12.2. The van der Waals surface area contributed by atoms with Crippen molar-refractivity contribution >= 4 is 11.8 Å². The molecule has 0 aliphatic rings. The van der Waals surface area contributed by atoms with Crippen molar-refractivity contribution in [3.63, 3.8) is 0 Å². The minimum Gasteiger partial charge on any atom is -0.376 e. The summed E-state index contributed by atoms with van der Waals surface area (Å²) in [4.78, 5) is 27.5. The highest BCUT2D eigenvalue weighted by Gasteiger charge is 2.16. The van der Waals surface area contributed by atoms with Gasteiger partial charge in [-0.25, -0.2) is 0 Å². The van der Waals surface area contributed by atoms with Crippen LogP contribution in [0.5, 0.6) is 0 Å². The van der Waals surface area contributed by atoms with Crippen molar-refractivity contribution in [2.24, 2.45) is 5.41 Å². The number of amides is 2. The van der Waals surface area contributed by atoms with Crippen LogP contribution in [0.4, 0.5) is 0 Å². The van der Waals surface area contributed by atoms with Gasteiger partial charge in [0.05, 0.1) is 13.2 Å². The number of carbonyl (C=O) groups is 2. The van der Waals surface area contributed by atoms with Crippen molar-refractivity contribution in [3.05, 3.63) is 34.9 Å². The Balaban J connectivity index is 3.09. The van der Waals surface area contributed by atoms with Gasteiger partial charge in [0.2, 0.25) is 0 Å². The summed E-state index contributed by atoms with van der Waals surface area (Å²) >= 11 is 0. The summed E-state index contributed by atoms with van der Waals surface area (Å²) in [7, 11) is 6.77. The molecule has 0 aliphatic heterocycles. The zero-order valence-electron chi connectivity index (χ0n) is 15.3. The van der Waals surface area contributed by atoms with Crippen LogP contribution >= 0.6 is 0 Å². The van der Waals surface area contributed by atoms with Crippen LogP contribution in [0.15, 0.2) is 18.2 Å². The van der Waals surface area contributed by atoms with E-state index < -0.39 is 0 Å². The number of hydrogen-bond donors (Lipinski definition) is 0. The molecule has 1 aromatic carbocycles. The summed E-state index contributed by atoms with van der Waals surface area (Å²) < 4.78 is 5.72. The summed E-state index contributed by atoms with van der Waals surface area (Å²) in [5.74, 6) is -0.258. The summed E-state index contributed by atoms with van der Waals surface area (Å²) in [5.41, 5.74) is 1.89. The lowest BCUT2D eigenvalue weighted by atomic mass is 9.98. The Hall–Kier alpha value is -1.88. The molecule has 0 aromatic heterocycles. The first-order valence-corrected chi connectivity index (χ1v) is 7.66. The third-order valence-electron chi connectivity index (χ3n) is 3.10. The van der Waals surface area contributed by atoms with Crippen molar-refractivity contribution < 1.29 is 14.3 Å². The first kappa shape index (κ1) is 19.2. The second kappa shape index (κ2) is 7.59. The van der Waals surface area contributed by atoms with Gasteiger partial charge in [-0.05, 0) is 29.2 Å². The van der Waals surface area contributed by atoms with Gasteiger partial charge in [-0.2, -0.15) is 0 Å². The van der Waals surface area contributed by atoms with Gasteiger partial charge in [-0.3, -0.25) is 9.59 Å². The van der Waals surface area contributed by atoms with Gasteiger partial charge < -0.3 is 14.5 Å². The monoisotopic (exact) mass is 320 g/mol. The summed E-state index contributed by atoms with van der Waals surface area (Å²) in [6, 6.07) is 5.22. The van der Waals surface area contributed by atoms with Crippen LogP contribution in [0, 0.1) is 5.41 Å². The lowest BCUT2D eigenvalue weighted by Crippen LogP contribution is -2.25. The Labute approximate surface area is 139 Å². The van der Waals surface area contributed by atoms with Crippen LogP contribution < -0.4 is 0 Å². The Kier molecular flexibility index (Phi) is 6.33. The minimum absolute atomic E-state index is 0.0688. The average Bonchev–Trinajstić information content (AvgIpc) is 2.43. The molecule has 0 unspecified atom stereocenters. The molecule has 0 radical (unpaired) electrons. The SMILES string of the molecule is CN(C)C(=O)c1cc(COCC(C)(C)C)cc(C(=O)N(C)C)c1. The third kappa shape index (κ3) is 6.02. The van der Waals surface area contributed by atoms with Gasteiger partial charge in [0.25, 0.3) is 11.8 Å². The first-order chi connectivity index (χ1) is 10.5. The average molecular weight is 320 g/mol. The first-order valence-electron chi connectivity index (χ1n) is 7.66. The molecule has 0 fully saturated rings. The fourth-order valence-corrected chi connectivity index (χ4v) is 2.01. The maximum Gasteiger partial charge on any atom is 0.253 e. The normalized spacial score (nSPS) is 11.3. The zero-order valence-corrected chi connectivity index (χ0v) is 15.3. The third-order valence-corrected chi connectivity index (χ3v) is 3.10. The van der Waals surface area contributed by atoms with Crippen LogP contribution in [-0.2, 0) is 11.3 Å². The molecule has 5 heteroatoms. The summed E-state index contributed by atoms with van der Waals surface area (Å²) in [6.07, 6.45) is 0. The molecule has 0 heterocycles. The molecule has 0 saturated heterocycles. The molecule has 0 saturated carbocycles. The van der Waals surface area contributed by atoms with Crippen molar-refractivity contribution in [1.29, 1.82) is 0 Å². The van der Waals surface area contributed by atoms with E-state index in [1.54, 1.807) is 46.4 Å². The van der Waals surface area contributed by atoms with Gasteiger partial charge >= 0.3 is 0 Å². The van der Waals surface area contributed by atoms with Crippen molar-refractivity contribution in [2.45, 2.75) is 27.4 Å². The number of carbonyl (C=O) groups excluding carboxylic acids is 2. The molecule has 0 bridgehead atoms. The Morgan fingerprint density at radius 3 is 1.70 bits per heavy atom. The second-order valence-electron chi connectivity index (χ2n) is 7.37. The van der Waals surface area contributed by atoms with Gasteiger partial charge in [0.15, 0.2) is 0 Å². The minimum atomic E-state index is -0.129. The largest absolute Gasteiger partial charge is 0.376 e. The fraction of sp³-hybridized carbons (Fsp3) is 0.556. The van der Waals surface area contributed by atoms with Gasteiger partial charge in [-0.15, -0.1) is 0 Å². The lowest BCUT2D eigenvalue weighted by Gasteiger charge is -2.19. The van der Waals surface area contributed by atoms with Crippen LogP contribution in [0.1, 0.15) is 47.1 Å². The maximum atomic E-state index is 12.2. The molecule has 23 heavy (non-hydrogen) atoms. The van der Waals surface area contributed by atoms with Crippen molar-refractivity contribution in [3.8, 4) is 0 Å². The van der Waals surface area contributed by atoms with E-state index in [1.807, 2.05) is 0 Å². The quantitative estimate of drug-likeness (QED) is 0.838. The standard InChI is InChI=1S/C18H28N2O3/c1-18(2,3)12-23-11-13-8-14(16(21)19(4)5)10-15(9-13)17(22)20(6)7/h8-10H,11-12H2,1-7H3. The predicted molar refractivity (Wildman–Crippen MR) is 91.6 cm³/mol. The summed E-state index contributed by atoms with van der Waals surface area (Å²) in [6.45, 7) is 7.27. The topological polar surface area (TPSA) is 49.9 Å². The van der Waals surface area contributed by atoms with Crippen molar-refractivity contribution in [2.75, 3.05) is 34.8 Å². The van der Waals surface area contributed by atoms with E-state index in [4.69, 9.17) is 4.74 Å². The number of hydrogen-bond acceptors (Lipinski definition) is 3. The number of benzene rings is 1. The molecule has 2 amide bonds. The van der Waals surface area contributed by atoms with Crippen LogP contribution in [0.2, 0.25) is 0 Å². The molecular formula is C18H28N2O3. The van der Waals surface area contributed by atoms with E-state index >= 15 is 0 Å². The van der Waals surface area contributed by atoms with Crippen LogP contribution in [-0.4, -0.2) is 56.4 Å². The smallest absolute Gasteiger partial charge is 0.253 e. The molecule has 1 aromatic rings. The van der Waals surface area contributed by atoms with E-state index in [9.17, 15) is 9.59 Å². The zero-order chi connectivity index (χ0) is 17.8. The molecule has 5 nitrogen and oxygen atoms in total. The van der Waals surface area contributed by atoms with Gasteiger partial charge in [0.1, 0.15) is 0 Å². The van der Waals surface area contributed by atoms with Crippen LogP contribution in [0.25, 0.3) is 0 Å². The fourth-order valence-electron chi connectivity index (χ4n) is 2.01. The Morgan fingerprint density at radius 1 is 0.913 bits per heavy atom. The molecule has 0 N–H and O–H groups in total. The van der Waals surface area contributed by atoms with E-state index in [-0.39, 0.29) is 17.2 Å². The molecule has 0 aliphatic carbocycles. The van der Waals surface area contributed by atoms with E-state index in [0.717, 1.165) is 5.56 Å². The highest BCUT2D eigenvalue weighted by Crippen LogP contribution is 2.17. The molecule has 0 spiro atoms. The molecule has 1 rings (SSSR count).